The summed E-state index contributed by atoms with van der Waals surface area (Å²) in [6, 6.07) is 0. The second-order valence-electron chi connectivity index (χ2n) is 1.58. The third-order valence-electron chi connectivity index (χ3n) is 0.498. The van der Waals surface area contributed by atoms with E-state index in [0.717, 1.165) is 0 Å². The maximum absolute atomic E-state index is 10.0. The molecule has 0 unspecified atom stereocenters. The summed E-state index contributed by atoms with van der Waals surface area (Å²) in [5.74, 6) is -0.125. The van der Waals surface area contributed by atoms with Gasteiger partial charge in [-0.05, 0) is 13.8 Å². The molecule has 0 aliphatic heterocycles. The fraction of sp³-hybridized carbons (Fsp3) is 0.600. The summed E-state index contributed by atoms with van der Waals surface area (Å²) in [5.41, 5.74) is 0. The van der Waals surface area contributed by atoms with Gasteiger partial charge >= 0.3 is 0 Å². The molecule has 0 rings (SSSR count). The van der Waals surface area contributed by atoms with Gasteiger partial charge in [0.15, 0.2) is 0 Å². The van der Waals surface area contributed by atoms with Gasteiger partial charge in [-0.15, -0.1) is 0 Å². The summed E-state index contributed by atoms with van der Waals surface area (Å²) >= 11 is 0. The molecule has 0 aromatic carbocycles. The Hall–Kier alpha value is 0.139. The molecule has 0 aromatic heterocycles. The largest absolute Gasteiger partial charge is 0.300 e. The Labute approximate surface area is 65.6 Å². The molecule has 0 heterocycles. The molecule has 4 radical (unpaired) electrons. The molecular weight excluding hydrogens is 211 g/mol. The van der Waals surface area contributed by atoms with Crippen LogP contribution in [-0.4, -0.2) is 35.5 Å². The van der Waals surface area contributed by atoms with E-state index < -0.39 is 0 Å². The number of hydrogen-bond donors (Lipinski definition) is 0. The molecule has 44 valence electrons. The molecule has 0 saturated carbocycles. The zero-order chi connectivity index (χ0) is 5.86. The zero-order valence-electron chi connectivity index (χ0n) is 5.02. The fourth-order valence-electron chi connectivity index (χ4n) is 0.351. The molecule has 0 bridgehead atoms. The van der Waals surface area contributed by atoms with Crippen molar-refractivity contribution in [1.29, 1.82) is 0 Å². The minimum absolute atomic E-state index is 0. The van der Waals surface area contributed by atoms with Crippen molar-refractivity contribution >= 4 is 35.5 Å². The third kappa shape index (κ3) is 9.46. The van der Waals surface area contributed by atoms with Gasteiger partial charge in [-0.2, -0.15) is 0 Å². The van der Waals surface area contributed by atoms with Crippen LogP contribution in [0.4, 0.5) is 0 Å². The topological polar surface area (TPSA) is 34.1 Å². The van der Waals surface area contributed by atoms with Crippen molar-refractivity contribution in [3.8, 4) is 0 Å². The van der Waals surface area contributed by atoms with E-state index in [1.165, 1.54) is 13.8 Å². The summed E-state index contributed by atoms with van der Waals surface area (Å²) in [5, 5.41) is 0. The number of Topliss-reactive ketones (excluding diaryl/α,β-unsaturated/α-hetero) is 2. The fourth-order valence-corrected chi connectivity index (χ4v) is 0.351. The van der Waals surface area contributed by atoms with Crippen molar-refractivity contribution in [1.82, 2.24) is 0 Å². The van der Waals surface area contributed by atoms with Crippen molar-refractivity contribution in [2.75, 3.05) is 0 Å². The van der Waals surface area contributed by atoms with E-state index >= 15 is 0 Å². The number of carbonyl (C=O) groups excluding carboxylic acids is 2. The van der Waals surface area contributed by atoms with Gasteiger partial charge in [0.25, 0.3) is 0 Å². The molecule has 0 saturated heterocycles. The summed E-state index contributed by atoms with van der Waals surface area (Å²) in [6.07, 6.45) is 0.0833. The molecule has 0 aromatic rings. The molecule has 8 heavy (non-hydrogen) atoms. The van der Waals surface area contributed by atoms with Crippen LogP contribution in [0, 0.1) is 0 Å². The molecule has 0 N–H and O–H groups in total. The van der Waals surface area contributed by atoms with Crippen LogP contribution in [0.15, 0.2) is 0 Å². The Morgan fingerprint density at radius 2 is 1.38 bits per heavy atom. The van der Waals surface area contributed by atoms with Crippen LogP contribution in [0.2, 0.25) is 0 Å². The molecule has 0 spiro atoms. The molecule has 0 fully saturated rings. The van der Waals surface area contributed by atoms with Crippen LogP contribution in [0.3, 0.4) is 0 Å². The van der Waals surface area contributed by atoms with Crippen LogP contribution in [0.25, 0.3) is 0 Å². The Balaban J connectivity index is 0. The van der Waals surface area contributed by atoms with Crippen LogP contribution < -0.4 is 0 Å². The predicted molar refractivity (Wildman–Crippen MR) is 31.7 cm³/mol. The Morgan fingerprint density at radius 1 is 1.12 bits per heavy atom. The molecular formula is C5H8O2Sn. The van der Waals surface area contributed by atoms with E-state index in [4.69, 9.17) is 0 Å². The first-order valence-electron chi connectivity index (χ1n) is 2.12. The van der Waals surface area contributed by atoms with E-state index in [1.807, 2.05) is 0 Å². The average molecular weight is 219 g/mol. The second-order valence-corrected chi connectivity index (χ2v) is 1.58. The molecule has 2 nitrogen and oxygen atoms in total. The third-order valence-corrected chi connectivity index (χ3v) is 0.498. The first kappa shape index (κ1) is 11.0. The molecule has 3 heteroatoms. The Bertz CT molecular complexity index is 86.6. The van der Waals surface area contributed by atoms with Gasteiger partial charge in [0.2, 0.25) is 0 Å². The maximum atomic E-state index is 10.0. The van der Waals surface area contributed by atoms with Crippen molar-refractivity contribution < 1.29 is 9.59 Å². The first-order chi connectivity index (χ1) is 3.13. The van der Waals surface area contributed by atoms with Crippen molar-refractivity contribution in [3.05, 3.63) is 0 Å². The second kappa shape index (κ2) is 5.28. The van der Waals surface area contributed by atoms with Crippen LogP contribution in [-0.2, 0) is 9.59 Å². The molecule has 0 aliphatic carbocycles. The minimum Gasteiger partial charge on any atom is -0.300 e. The summed E-state index contributed by atoms with van der Waals surface area (Å²) in [4.78, 5) is 20.1. The summed E-state index contributed by atoms with van der Waals surface area (Å²) < 4.78 is 0. The van der Waals surface area contributed by atoms with E-state index in [0.29, 0.717) is 0 Å². The average Bonchev–Trinajstić information content (AvgIpc) is 1.27. The van der Waals surface area contributed by atoms with E-state index in [9.17, 15) is 9.59 Å². The van der Waals surface area contributed by atoms with Gasteiger partial charge in [-0.3, -0.25) is 9.59 Å². The van der Waals surface area contributed by atoms with Gasteiger partial charge in [0, 0.05) is 23.9 Å². The van der Waals surface area contributed by atoms with Crippen LogP contribution in [0.5, 0.6) is 0 Å². The summed E-state index contributed by atoms with van der Waals surface area (Å²) in [6.45, 7) is 2.81. The predicted octanol–water partition coefficient (Wildman–Crippen LogP) is 0.174. The standard InChI is InChI=1S/C5H8O2.Sn/c1-4(6)3-5(2)7;/h3H2,1-2H3;. The van der Waals surface area contributed by atoms with Gasteiger partial charge in [-0.25, -0.2) is 0 Å². The molecule has 0 atom stereocenters. The molecule has 0 amide bonds. The monoisotopic (exact) mass is 220 g/mol. The van der Waals surface area contributed by atoms with Crippen molar-refractivity contribution in [2.24, 2.45) is 0 Å². The molecule has 0 aliphatic rings. The first-order valence-corrected chi connectivity index (χ1v) is 2.12. The number of hydrogen-bond acceptors (Lipinski definition) is 2. The smallest absolute Gasteiger partial charge is 0.137 e. The zero-order valence-corrected chi connectivity index (χ0v) is 7.88. The number of ketones is 2. The van der Waals surface area contributed by atoms with Gasteiger partial charge < -0.3 is 0 Å². The van der Waals surface area contributed by atoms with Gasteiger partial charge in [-0.1, -0.05) is 0 Å². The van der Waals surface area contributed by atoms with Crippen molar-refractivity contribution in [3.63, 3.8) is 0 Å². The normalized spacial score (nSPS) is 7.25. The maximum Gasteiger partial charge on any atom is 0.137 e. The Morgan fingerprint density at radius 3 is 1.38 bits per heavy atom. The van der Waals surface area contributed by atoms with Crippen LogP contribution in [0.1, 0.15) is 20.3 Å². The number of carbonyl (C=O) groups is 2. The minimum atomic E-state index is -0.0625. The Kier molecular flexibility index (Phi) is 7.26. The van der Waals surface area contributed by atoms with Gasteiger partial charge in [0.1, 0.15) is 11.6 Å². The van der Waals surface area contributed by atoms with E-state index in [1.54, 1.807) is 0 Å². The number of rotatable bonds is 2. The summed E-state index contributed by atoms with van der Waals surface area (Å²) in [7, 11) is 0. The van der Waals surface area contributed by atoms with Crippen molar-refractivity contribution in [2.45, 2.75) is 20.3 Å². The quantitative estimate of drug-likeness (QED) is 0.490. The van der Waals surface area contributed by atoms with E-state index in [-0.39, 0.29) is 41.9 Å². The SMILES string of the molecule is CC(=O)CC(C)=O.[Sn]. The van der Waals surface area contributed by atoms with E-state index in [2.05, 4.69) is 0 Å². The van der Waals surface area contributed by atoms with Gasteiger partial charge in [0.05, 0.1) is 6.42 Å². The van der Waals surface area contributed by atoms with Crippen LogP contribution >= 0.6 is 0 Å².